The van der Waals surface area contributed by atoms with Crippen LogP contribution in [0.2, 0.25) is 0 Å². The number of sulfonamides is 1. The highest BCUT2D eigenvalue weighted by molar-refractivity contribution is 7.92. The number of nitrogens with two attached hydrogens (primary N) is 1. The van der Waals surface area contributed by atoms with Gasteiger partial charge in [-0.3, -0.25) is 9.52 Å². The molecule has 4 aromatic rings. The summed E-state index contributed by atoms with van der Waals surface area (Å²) in [6.07, 6.45) is 0. The van der Waals surface area contributed by atoms with Crippen molar-refractivity contribution in [2.24, 2.45) is 10.2 Å². The summed E-state index contributed by atoms with van der Waals surface area (Å²) < 4.78 is 28.2. The zero-order chi connectivity index (χ0) is 22.7. The van der Waals surface area contributed by atoms with Gasteiger partial charge >= 0.3 is 0 Å². The van der Waals surface area contributed by atoms with Crippen LogP contribution >= 0.6 is 0 Å². The van der Waals surface area contributed by atoms with E-state index in [-0.39, 0.29) is 33.3 Å². The standard InChI is InChI=1S/C23H18N4O4S/c24-19-13-7-6-12-18(19)23(29)26-25-21-14-20(16-10-4-5-11-17(16)22(21)28)27-32(30,31)15-8-2-1-3-9-15/h1-14,27-28H,24H2. The molecule has 32 heavy (non-hydrogen) atoms. The monoisotopic (exact) mass is 446 g/mol. The predicted molar refractivity (Wildman–Crippen MR) is 123 cm³/mol. The van der Waals surface area contributed by atoms with Crippen LogP contribution in [0.15, 0.2) is 100 Å². The fourth-order valence-electron chi connectivity index (χ4n) is 3.15. The number of fused-ring (bicyclic) bond motifs is 1. The third-order valence-electron chi connectivity index (χ3n) is 4.73. The molecule has 0 fully saturated rings. The number of para-hydroxylation sites is 1. The summed E-state index contributed by atoms with van der Waals surface area (Å²) >= 11 is 0. The van der Waals surface area contributed by atoms with Crippen molar-refractivity contribution in [2.75, 3.05) is 10.5 Å². The van der Waals surface area contributed by atoms with Gasteiger partial charge in [-0.25, -0.2) is 8.42 Å². The molecule has 0 aliphatic carbocycles. The van der Waals surface area contributed by atoms with Crippen LogP contribution in [0.3, 0.4) is 0 Å². The van der Waals surface area contributed by atoms with Gasteiger partial charge in [-0.2, -0.15) is 0 Å². The van der Waals surface area contributed by atoms with Gasteiger partial charge in [0.2, 0.25) is 0 Å². The smallest absolute Gasteiger partial charge is 0.297 e. The molecule has 160 valence electrons. The third-order valence-corrected chi connectivity index (χ3v) is 6.12. The molecule has 8 nitrogen and oxygen atoms in total. The molecule has 4 rings (SSSR count). The Morgan fingerprint density at radius 1 is 0.875 bits per heavy atom. The molecule has 0 aliphatic heterocycles. The van der Waals surface area contributed by atoms with Gasteiger partial charge in [-0.05, 0) is 30.3 Å². The maximum atomic E-state index is 12.8. The molecule has 0 saturated heterocycles. The Kier molecular flexibility index (Phi) is 5.57. The molecular formula is C23H18N4O4S. The maximum absolute atomic E-state index is 12.8. The van der Waals surface area contributed by atoms with E-state index in [1.807, 2.05) is 0 Å². The van der Waals surface area contributed by atoms with Crippen LogP contribution in [-0.2, 0) is 10.0 Å². The summed E-state index contributed by atoms with van der Waals surface area (Å²) in [7, 11) is -3.90. The zero-order valence-electron chi connectivity index (χ0n) is 16.6. The number of hydrogen-bond acceptors (Lipinski definition) is 6. The first kappa shape index (κ1) is 21.0. The van der Waals surface area contributed by atoms with Crippen LogP contribution in [0.1, 0.15) is 10.4 Å². The maximum Gasteiger partial charge on any atom is 0.297 e. The van der Waals surface area contributed by atoms with Crippen molar-refractivity contribution in [3.05, 3.63) is 90.5 Å². The van der Waals surface area contributed by atoms with Gasteiger partial charge in [-0.15, -0.1) is 10.2 Å². The van der Waals surface area contributed by atoms with Crippen LogP contribution in [0, 0.1) is 0 Å². The number of anilines is 2. The van der Waals surface area contributed by atoms with Crippen LogP contribution in [0.4, 0.5) is 17.1 Å². The van der Waals surface area contributed by atoms with E-state index in [4.69, 9.17) is 5.73 Å². The minimum atomic E-state index is -3.90. The number of nitrogens with zero attached hydrogens (tertiary/aromatic N) is 2. The molecule has 0 aromatic heterocycles. The van der Waals surface area contributed by atoms with E-state index in [1.54, 1.807) is 60.7 Å². The number of phenolic OH excluding ortho intramolecular Hbond substituents is 1. The van der Waals surface area contributed by atoms with Gasteiger partial charge in [0.15, 0.2) is 5.75 Å². The van der Waals surface area contributed by atoms with Crippen molar-refractivity contribution < 1.29 is 18.3 Å². The molecule has 4 aromatic carbocycles. The largest absolute Gasteiger partial charge is 0.505 e. The minimum Gasteiger partial charge on any atom is -0.505 e. The van der Waals surface area contributed by atoms with Crippen LogP contribution in [0.25, 0.3) is 10.8 Å². The Morgan fingerprint density at radius 3 is 2.22 bits per heavy atom. The lowest BCUT2D eigenvalue weighted by Gasteiger charge is -2.13. The summed E-state index contributed by atoms with van der Waals surface area (Å²) in [5.41, 5.74) is 6.32. The predicted octanol–water partition coefficient (Wildman–Crippen LogP) is 4.85. The van der Waals surface area contributed by atoms with Gasteiger partial charge in [-0.1, -0.05) is 54.6 Å². The molecule has 4 N–H and O–H groups in total. The number of carbonyl (C=O) groups is 1. The van der Waals surface area contributed by atoms with E-state index < -0.39 is 15.9 Å². The number of phenols is 1. The summed E-state index contributed by atoms with van der Waals surface area (Å²) in [5.74, 6) is -0.928. The molecular weight excluding hydrogens is 428 g/mol. The lowest BCUT2D eigenvalue weighted by molar-refractivity contribution is 0.0996. The van der Waals surface area contributed by atoms with E-state index in [2.05, 4.69) is 15.0 Å². The molecule has 0 bridgehead atoms. The van der Waals surface area contributed by atoms with Crippen molar-refractivity contribution >= 4 is 43.8 Å². The minimum absolute atomic E-state index is 0.0719. The lowest BCUT2D eigenvalue weighted by atomic mass is 10.1. The highest BCUT2D eigenvalue weighted by Gasteiger charge is 2.18. The van der Waals surface area contributed by atoms with Crippen LogP contribution in [-0.4, -0.2) is 19.4 Å². The van der Waals surface area contributed by atoms with Crippen molar-refractivity contribution in [3.8, 4) is 5.75 Å². The summed E-state index contributed by atoms with van der Waals surface area (Å²) in [5, 5.41) is 19.0. The number of benzene rings is 4. The van der Waals surface area contributed by atoms with Crippen LogP contribution < -0.4 is 10.5 Å². The molecule has 9 heteroatoms. The Labute approximate surface area is 184 Å². The first-order chi connectivity index (χ1) is 15.4. The fraction of sp³-hybridized carbons (Fsp3) is 0. The first-order valence-electron chi connectivity index (χ1n) is 9.50. The molecule has 0 atom stereocenters. The zero-order valence-corrected chi connectivity index (χ0v) is 17.5. The summed E-state index contributed by atoms with van der Waals surface area (Å²) in [4.78, 5) is 12.5. The fourth-order valence-corrected chi connectivity index (χ4v) is 4.25. The average Bonchev–Trinajstić information content (AvgIpc) is 2.80. The molecule has 0 radical (unpaired) electrons. The van der Waals surface area contributed by atoms with Gasteiger partial charge in [0.05, 0.1) is 16.1 Å². The number of carbonyl (C=O) groups excluding carboxylic acids is 1. The highest BCUT2D eigenvalue weighted by atomic mass is 32.2. The summed E-state index contributed by atoms with van der Waals surface area (Å²) in [6, 6.07) is 22.3. The third kappa shape index (κ3) is 4.14. The number of aromatic hydroxyl groups is 1. The van der Waals surface area contributed by atoms with Gasteiger partial charge < -0.3 is 10.8 Å². The van der Waals surface area contributed by atoms with Crippen molar-refractivity contribution in [1.82, 2.24) is 0 Å². The number of nitrogen functional groups attached to an aromatic ring is 1. The molecule has 0 aliphatic rings. The van der Waals surface area contributed by atoms with E-state index in [1.165, 1.54) is 24.3 Å². The van der Waals surface area contributed by atoms with E-state index >= 15 is 0 Å². The van der Waals surface area contributed by atoms with E-state index in [9.17, 15) is 18.3 Å². The second-order valence-electron chi connectivity index (χ2n) is 6.85. The Morgan fingerprint density at radius 2 is 1.50 bits per heavy atom. The van der Waals surface area contributed by atoms with Crippen molar-refractivity contribution in [1.29, 1.82) is 0 Å². The average molecular weight is 446 g/mol. The number of nitrogens with one attached hydrogen (secondary N) is 1. The van der Waals surface area contributed by atoms with Crippen molar-refractivity contribution in [3.63, 3.8) is 0 Å². The summed E-state index contributed by atoms with van der Waals surface area (Å²) in [6.45, 7) is 0. The molecule has 1 amide bonds. The van der Waals surface area contributed by atoms with Gasteiger partial charge in [0.1, 0.15) is 5.69 Å². The number of hydrogen-bond donors (Lipinski definition) is 3. The van der Waals surface area contributed by atoms with Crippen molar-refractivity contribution in [2.45, 2.75) is 4.90 Å². The molecule has 0 saturated carbocycles. The number of rotatable bonds is 5. The molecule has 0 heterocycles. The Hall–Kier alpha value is -4.24. The Bertz CT molecular complexity index is 1450. The second kappa shape index (κ2) is 8.48. The SMILES string of the molecule is Nc1ccccc1C(=O)N=Nc1cc(NS(=O)(=O)c2ccccc2)c2ccccc2c1O. The topological polar surface area (TPSA) is 134 Å². The first-order valence-corrected chi connectivity index (χ1v) is 11.0. The van der Waals surface area contributed by atoms with Crippen LogP contribution in [0.5, 0.6) is 5.75 Å². The Balaban J connectivity index is 1.77. The lowest BCUT2D eigenvalue weighted by Crippen LogP contribution is -2.13. The molecule has 0 spiro atoms. The van der Waals surface area contributed by atoms with Gasteiger partial charge in [0.25, 0.3) is 15.9 Å². The molecule has 0 unspecified atom stereocenters. The van der Waals surface area contributed by atoms with E-state index in [0.29, 0.717) is 10.8 Å². The highest BCUT2D eigenvalue weighted by Crippen LogP contribution is 2.40. The quantitative estimate of drug-likeness (QED) is 0.229. The second-order valence-corrected chi connectivity index (χ2v) is 8.53. The normalized spacial score (nSPS) is 11.6. The van der Waals surface area contributed by atoms with E-state index in [0.717, 1.165) is 0 Å². The number of amides is 1. The number of azo groups is 1. The van der Waals surface area contributed by atoms with Gasteiger partial charge in [0, 0.05) is 16.5 Å².